The Hall–Kier alpha value is -9.79. The summed E-state index contributed by atoms with van der Waals surface area (Å²) in [7, 11) is 0. The van der Waals surface area contributed by atoms with Crippen molar-refractivity contribution in [2.45, 2.75) is 40.5 Å². The van der Waals surface area contributed by atoms with Crippen molar-refractivity contribution in [1.82, 2.24) is 14.1 Å². The summed E-state index contributed by atoms with van der Waals surface area (Å²) in [5.74, 6) is 0.911. The van der Waals surface area contributed by atoms with E-state index < -0.39 is 0 Å². The van der Waals surface area contributed by atoms with Crippen LogP contribution < -0.4 is 34.7 Å². The van der Waals surface area contributed by atoms with Crippen molar-refractivity contribution in [1.29, 1.82) is 0 Å². The van der Waals surface area contributed by atoms with E-state index in [1.807, 2.05) is 6.20 Å². The van der Waals surface area contributed by atoms with Crippen LogP contribution in [0.4, 0.5) is 45.6 Å². The molecule has 2 aliphatic heterocycles. The summed E-state index contributed by atoms with van der Waals surface area (Å²) in [6.45, 7) is 8.52. The highest BCUT2D eigenvalue weighted by molar-refractivity contribution is 6.86. The van der Waals surface area contributed by atoms with Gasteiger partial charge >= 0.3 is 14.0 Å². The molecule has 0 amide bonds. The van der Waals surface area contributed by atoms with Crippen molar-refractivity contribution in [2.75, 3.05) is 19.2 Å². The largest absolute Gasteiger partial charge is 0.422 e. The van der Waals surface area contributed by atoms with Gasteiger partial charge in [-0.3, -0.25) is 9.13 Å². The number of imidazole rings is 1. The zero-order chi connectivity index (χ0) is 53.6. The van der Waals surface area contributed by atoms with E-state index in [0.717, 1.165) is 80.9 Å². The van der Waals surface area contributed by atoms with Gasteiger partial charge in [-0.1, -0.05) is 168 Å². The fourth-order valence-electron chi connectivity index (χ4n) is 13.3. The second-order valence-corrected chi connectivity index (χ2v) is 21.5. The molecule has 9 aromatic carbocycles. The van der Waals surface area contributed by atoms with Gasteiger partial charge in [0.1, 0.15) is 5.82 Å². The zero-order valence-electron chi connectivity index (χ0n) is 45.2. The molecule has 0 radical (unpaired) electrons. The highest BCUT2D eigenvalue weighted by atomic mass is 15.3. The van der Waals surface area contributed by atoms with Crippen LogP contribution in [-0.4, -0.2) is 28.1 Å². The fourth-order valence-corrected chi connectivity index (χ4v) is 13.3. The van der Waals surface area contributed by atoms with Crippen molar-refractivity contribution in [3.63, 3.8) is 0 Å². The minimum absolute atomic E-state index is 0.223. The van der Waals surface area contributed by atoms with Gasteiger partial charge < -0.3 is 23.8 Å². The predicted molar refractivity (Wildman–Crippen MR) is 334 cm³/mol. The Morgan fingerprint density at radius 3 is 1.74 bits per heavy atom. The van der Waals surface area contributed by atoms with E-state index in [9.17, 15) is 0 Å². The molecule has 0 bridgehead atoms. The van der Waals surface area contributed by atoms with Gasteiger partial charge in [0, 0.05) is 45.4 Å². The van der Waals surface area contributed by atoms with E-state index in [1.54, 1.807) is 0 Å². The number of para-hydroxylation sites is 6. The standard InChI is InChI=1S/C70H56B2N8/c1-48-23-18-24-49(2)67(48)71-77(53-29-10-6-11-30-53)63-43-42-55(74-47-75(62-39-17-16-38-61(62)74)64-40-21-36-59-58-35-14-15-37-60(58)76(69(59)64)52-27-8-5-9-28-52)46-66(63)79(71)56-33-20-34-57(45-56)80-70-65(41-22-44-73-70)78(54-31-12-7-13-32-54)72(80)68-50(3)25-19-26-51(68)4/h5-8,10-27,29-46H,9,28H2,1-4H3. The van der Waals surface area contributed by atoms with Crippen LogP contribution in [0.1, 0.15) is 35.1 Å². The molecule has 5 heterocycles. The van der Waals surface area contributed by atoms with Crippen molar-refractivity contribution >= 4 is 109 Å². The quantitative estimate of drug-likeness (QED) is 0.0818. The molecule has 8 nitrogen and oxygen atoms in total. The molecule has 0 atom stereocenters. The number of nitrogens with zero attached hydrogens (tertiary/aromatic N) is 8. The van der Waals surface area contributed by atoms with Crippen LogP contribution in [0.15, 0.2) is 243 Å². The lowest BCUT2D eigenvalue weighted by molar-refractivity contribution is -0.571. The van der Waals surface area contributed by atoms with Crippen molar-refractivity contribution in [3.8, 4) is 11.4 Å². The van der Waals surface area contributed by atoms with E-state index in [0.29, 0.717) is 0 Å². The van der Waals surface area contributed by atoms with Crippen LogP contribution in [0.2, 0.25) is 0 Å². The summed E-state index contributed by atoms with van der Waals surface area (Å²) in [6.07, 6.45) is 14.6. The van der Waals surface area contributed by atoms with E-state index in [4.69, 9.17) is 4.98 Å². The Kier molecular flexibility index (Phi) is 11.3. The first-order valence-corrected chi connectivity index (χ1v) is 27.8. The molecule has 0 saturated carbocycles. The lowest BCUT2D eigenvalue weighted by atomic mass is 9.60. The third kappa shape index (κ3) is 7.39. The number of aromatic nitrogens is 4. The highest BCUT2D eigenvalue weighted by Crippen LogP contribution is 2.50. The molecule has 382 valence electrons. The molecule has 0 saturated heterocycles. The molecule has 0 fully saturated rings. The Labute approximate surface area is 467 Å². The molecule has 12 aromatic rings. The second-order valence-electron chi connectivity index (χ2n) is 21.5. The number of aryl methyl sites for hydroxylation is 4. The molecule has 80 heavy (non-hydrogen) atoms. The minimum Gasteiger partial charge on any atom is -0.360 e. The number of anilines is 8. The Morgan fingerprint density at radius 2 is 1.04 bits per heavy atom. The van der Waals surface area contributed by atoms with Gasteiger partial charge in [-0.25, -0.2) is 4.98 Å². The highest BCUT2D eigenvalue weighted by Gasteiger charge is 2.48. The van der Waals surface area contributed by atoms with Gasteiger partial charge in [-0.15, -0.1) is 0 Å². The summed E-state index contributed by atoms with van der Waals surface area (Å²) in [4.78, 5) is 15.3. The van der Waals surface area contributed by atoms with Crippen LogP contribution in [0.5, 0.6) is 0 Å². The Morgan fingerprint density at radius 1 is 0.463 bits per heavy atom. The Bertz CT molecular complexity index is 4440. The minimum atomic E-state index is -0.253. The van der Waals surface area contributed by atoms with E-state index in [2.05, 4.69) is 304 Å². The average Bonchev–Trinajstić information content (AvgIpc) is 4.40. The zero-order valence-corrected chi connectivity index (χ0v) is 45.2. The van der Waals surface area contributed by atoms with Crippen LogP contribution in [0.3, 0.4) is 0 Å². The van der Waals surface area contributed by atoms with Gasteiger partial charge in [-0.05, 0) is 142 Å². The number of hydrogen-bond acceptors (Lipinski definition) is 5. The SMILES string of the molecule is Cc1cccc(C)c1B1N(c2ccccc2)c2ccc(-n3[c-][n+](-c4cccc5c6ccccc6n(C6=CC=CCC6)c45)c4ccccc43)cc2N1c1cccc(N2B(c3c(C)cccc3C)N(c3ccccc3)c3cccnc32)c1. The molecule has 0 N–H and O–H groups in total. The van der Waals surface area contributed by atoms with Crippen molar-refractivity contribution in [3.05, 3.63) is 271 Å². The van der Waals surface area contributed by atoms with Crippen molar-refractivity contribution in [2.24, 2.45) is 0 Å². The van der Waals surface area contributed by atoms with Crippen LogP contribution >= 0.6 is 0 Å². The molecule has 15 rings (SSSR count). The van der Waals surface area contributed by atoms with Gasteiger partial charge in [0.05, 0.1) is 50.5 Å². The molecule has 10 heteroatoms. The van der Waals surface area contributed by atoms with E-state index in [-0.39, 0.29) is 14.0 Å². The summed E-state index contributed by atoms with van der Waals surface area (Å²) in [6, 6.07) is 79.7. The van der Waals surface area contributed by atoms with Gasteiger partial charge in [0.25, 0.3) is 6.33 Å². The molecule has 3 aromatic heterocycles. The Balaban J connectivity index is 0.953. The van der Waals surface area contributed by atoms with Crippen molar-refractivity contribution < 1.29 is 4.57 Å². The smallest absolute Gasteiger partial charge is 0.360 e. The third-order valence-electron chi connectivity index (χ3n) is 16.8. The van der Waals surface area contributed by atoms with E-state index >= 15 is 0 Å². The fraction of sp³-hybridized carbons (Fsp3) is 0.0857. The van der Waals surface area contributed by atoms with Gasteiger partial charge in [0.2, 0.25) is 0 Å². The number of rotatable bonds is 9. The first kappa shape index (κ1) is 47.4. The molecule has 0 unspecified atom stereocenters. The monoisotopic (exact) mass is 1030 g/mol. The number of fused-ring (bicyclic) bond motifs is 6. The van der Waals surface area contributed by atoms with E-state index in [1.165, 1.54) is 60.7 Å². The van der Waals surface area contributed by atoms with Crippen LogP contribution in [0, 0.1) is 34.0 Å². The molecular formula is C70H56B2N8. The maximum absolute atomic E-state index is 5.23. The summed E-state index contributed by atoms with van der Waals surface area (Å²) in [5, 5.41) is 2.47. The predicted octanol–water partition coefficient (Wildman–Crippen LogP) is 15.0. The van der Waals surface area contributed by atoms with Gasteiger partial charge in [0.15, 0.2) is 0 Å². The third-order valence-corrected chi connectivity index (χ3v) is 16.8. The molecular weight excluding hydrogens is 974 g/mol. The lowest BCUT2D eigenvalue weighted by Gasteiger charge is -2.34. The normalized spacial score (nSPS) is 14.0. The number of hydrogen-bond donors (Lipinski definition) is 0. The first-order chi connectivity index (χ1) is 39.4. The molecule has 0 spiro atoms. The van der Waals surface area contributed by atoms with Crippen LogP contribution in [-0.2, 0) is 0 Å². The summed E-state index contributed by atoms with van der Waals surface area (Å²) >= 11 is 0. The molecule has 1 aliphatic carbocycles. The van der Waals surface area contributed by atoms with Crippen LogP contribution in [0.25, 0.3) is 49.9 Å². The van der Waals surface area contributed by atoms with Gasteiger partial charge in [-0.2, -0.15) is 0 Å². The number of benzene rings is 9. The first-order valence-electron chi connectivity index (χ1n) is 27.8. The second kappa shape index (κ2) is 19.0. The lowest BCUT2D eigenvalue weighted by Crippen LogP contribution is -2.55. The maximum Gasteiger partial charge on any atom is 0.422 e. The summed E-state index contributed by atoms with van der Waals surface area (Å²) < 4.78 is 7.03. The number of pyridine rings is 1. The average molecular weight is 1030 g/mol. The summed E-state index contributed by atoms with van der Waals surface area (Å²) in [5.41, 5.74) is 22.9. The molecule has 3 aliphatic rings. The number of allylic oxidation sites excluding steroid dienone is 4. The maximum atomic E-state index is 5.23. The topological polar surface area (TPSA) is 39.6 Å².